The molecular formula is C24H26N2O7. The lowest BCUT2D eigenvalue weighted by molar-refractivity contribution is -0.138. The number of nitrogens with zero attached hydrogens (tertiary/aromatic N) is 2. The molecule has 0 spiro atoms. The first-order chi connectivity index (χ1) is 16.0. The second-order valence-corrected chi connectivity index (χ2v) is 7.74. The van der Waals surface area contributed by atoms with Crippen LogP contribution in [0.15, 0.2) is 42.5 Å². The summed E-state index contributed by atoms with van der Waals surface area (Å²) in [4.78, 5) is 41.7. The number of amides is 2. The standard InChI is InChI=1S/C24H26N2O7/c1-16(24(29)25-8-10-31-11-9-25)26-20-12-17(6-7-22(20)33-15-23(26)28)21(27)14-32-19-5-3-4-18(13-19)30-2/h3-7,12-13,16H,8-11,14-15H2,1-2H3/t16-/m0/s1. The number of ketones is 1. The fourth-order valence-electron chi connectivity index (χ4n) is 3.85. The summed E-state index contributed by atoms with van der Waals surface area (Å²) in [5.74, 6) is 0.795. The van der Waals surface area contributed by atoms with Crippen LogP contribution in [-0.4, -0.2) is 75.2 Å². The number of hydrogen-bond donors (Lipinski definition) is 0. The van der Waals surface area contributed by atoms with Crippen molar-refractivity contribution in [3.63, 3.8) is 0 Å². The Morgan fingerprint density at radius 1 is 1.09 bits per heavy atom. The SMILES string of the molecule is COc1cccc(OCC(=O)c2ccc3c(c2)N([C@@H](C)C(=O)N2CCOCC2)C(=O)CO3)c1. The van der Waals surface area contributed by atoms with Crippen molar-refractivity contribution in [2.24, 2.45) is 0 Å². The predicted molar refractivity (Wildman–Crippen MR) is 119 cm³/mol. The van der Waals surface area contributed by atoms with E-state index in [0.717, 1.165) is 0 Å². The molecule has 2 aromatic rings. The van der Waals surface area contributed by atoms with Gasteiger partial charge in [0.05, 0.1) is 26.0 Å². The number of benzene rings is 2. The number of carbonyl (C=O) groups is 3. The van der Waals surface area contributed by atoms with Gasteiger partial charge in [0, 0.05) is 24.7 Å². The number of carbonyl (C=O) groups excluding carboxylic acids is 3. The first-order valence-electron chi connectivity index (χ1n) is 10.7. The van der Waals surface area contributed by atoms with Crippen LogP contribution in [0.1, 0.15) is 17.3 Å². The highest BCUT2D eigenvalue weighted by atomic mass is 16.5. The molecule has 2 aliphatic rings. The minimum atomic E-state index is -0.739. The summed E-state index contributed by atoms with van der Waals surface area (Å²) in [6.45, 7) is 3.23. The number of hydrogen-bond acceptors (Lipinski definition) is 7. The Hall–Kier alpha value is -3.59. The van der Waals surface area contributed by atoms with E-state index < -0.39 is 6.04 Å². The molecule has 2 heterocycles. The van der Waals surface area contributed by atoms with Crippen LogP contribution in [0.25, 0.3) is 0 Å². The minimum Gasteiger partial charge on any atom is -0.497 e. The van der Waals surface area contributed by atoms with Crippen LogP contribution in [0.4, 0.5) is 5.69 Å². The molecule has 0 aliphatic carbocycles. The molecule has 33 heavy (non-hydrogen) atoms. The average Bonchev–Trinajstić information content (AvgIpc) is 2.86. The monoisotopic (exact) mass is 454 g/mol. The first kappa shape index (κ1) is 22.6. The molecule has 0 aromatic heterocycles. The molecule has 2 aliphatic heterocycles. The van der Waals surface area contributed by atoms with Crippen molar-refractivity contribution in [2.45, 2.75) is 13.0 Å². The Morgan fingerprint density at radius 2 is 1.85 bits per heavy atom. The number of fused-ring (bicyclic) bond motifs is 1. The molecule has 1 saturated heterocycles. The van der Waals surface area contributed by atoms with Gasteiger partial charge in [0.2, 0.25) is 5.91 Å². The maximum atomic E-state index is 13.0. The van der Waals surface area contributed by atoms with Crippen LogP contribution >= 0.6 is 0 Å². The van der Waals surface area contributed by atoms with Gasteiger partial charge in [-0.05, 0) is 37.3 Å². The molecule has 2 amide bonds. The molecule has 0 N–H and O–H groups in total. The second kappa shape index (κ2) is 9.91. The Labute approximate surface area is 191 Å². The summed E-state index contributed by atoms with van der Waals surface area (Å²) in [5.41, 5.74) is 0.749. The van der Waals surface area contributed by atoms with E-state index in [1.54, 1.807) is 61.4 Å². The van der Waals surface area contributed by atoms with Crippen molar-refractivity contribution >= 4 is 23.3 Å². The van der Waals surface area contributed by atoms with E-state index in [0.29, 0.717) is 54.8 Å². The second-order valence-electron chi connectivity index (χ2n) is 7.74. The lowest BCUT2D eigenvalue weighted by Crippen LogP contribution is -2.54. The molecule has 2 aromatic carbocycles. The average molecular weight is 454 g/mol. The molecule has 0 bridgehead atoms. The molecule has 4 rings (SSSR count). The van der Waals surface area contributed by atoms with Crippen molar-refractivity contribution < 1.29 is 33.3 Å². The van der Waals surface area contributed by atoms with Crippen molar-refractivity contribution in [1.29, 1.82) is 0 Å². The normalized spacial score (nSPS) is 16.5. The lowest BCUT2D eigenvalue weighted by Gasteiger charge is -2.37. The molecule has 0 saturated carbocycles. The van der Waals surface area contributed by atoms with Gasteiger partial charge in [0.1, 0.15) is 23.3 Å². The number of morpholine rings is 1. The zero-order chi connectivity index (χ0) is 23.4. The van der Waals surface area contributed by atoms with Gasteiger partial charge in [-0.2, -0.15) is 0 Å². The van der Waals surface area contributed by atoms with E-state index >= 15 is 0 Å². The molecule has 9 heteroatoms. The first-order valence-corrected chi connectivity index (χ1v) is 10.7. The van der Waals surface area contributed by atoms with Crippen LogP contribution < -0.4 is 19.1 Å². The van der Waals surface area contributed by atoms with Crippen LogP contribution in [-0.2, 0) is 14.3 Å². The van der Waals surface area contributed by atoms with Crippen LogP contribution in [0.3, 0.4) is 0 Å². The number of rotatable bonds is 7. The summed E-state index contributed by atoms with van der Waals surface area (Å²) < 4.78 is 21.6. The van der Waals surface area contributed by atoms with Gasteiger partial charge < -0.3 is 23.8 Å². The Morgan fingerprint density at radius 3 is 2.61 bits per heavy atom. The largest absolute Gasteiger partial charge is 0.497 e. The Balaban J connectivity index is 1.52. The third-order valence-electron chi connectivity index (χ3n) is 5.64. The van der Waals surface area contributed by atoms with Crippen LogP contribution in [0.5, 0.6) is 17.2 Å². The van der Waals surface area contributed by atoms with Gasteiger partial charge in [-0.3, -0.25) is 19.3 Å². The van der Waals surface area contributed by atoms with E-state index in [1.165, 1.54) is 4.90 Å². The summed E-state index contributed by atoms with van der Waals surface area (Å²) >= 11 is 0. The summed E-state index contributed by atoms with van der Waals surface area (Å²) in [5, 5.41) is 0. The number of ether oxygens (including phenoxy) is 4. The molecule has 0 unspecified atom stereocenters. The number of anilines is 1. The number of methoxy groups -OCH3 is 1. The van der Waals surface area contributed by atoms with Gasteiger partial charge >= 0.3 is 0 Å². The van der Waals surface area contributed by atoms with Crippen molar-refractivity contribution in [2.75, 3.05) is 51.5 Å². The zero-order valence-electron chi connectivity index (χ0n) is 18.6. The molecular weight excluding hydrogens is 428 g/mol. The smallest absolute Gasteiger partial charge is 0.265 e. The maximum Gasteiger partial charge on any atom is 0.265 e. The van der Waals surface area contributed by atoms with Gasteiger partial charge in [0.15, 0.2) is 19.0 Å². The minimum absolute atomic E-state index is 0.167. The van der Waals surface area contributed by atoms with Crippen molar-refractivity contribution in [1.82, 2.24) is 4.90 Å². The van der Waals surface area contributed by atoms with Gasteiger partial charge in [0.25, 0.3) is 5.91 Å². The predicted octanol–water partition coefficient (Wildman–Crippen LogP) is 1.93. The van der Waals surface area contributed by atoms with Gasteiger partial charge in [-0.15, -0.1) is 0 Å². The van der Waals surface area contributed by atoms with E-state index in [2.05, 4.69) is 0 Å². The molecule has 1 fully saturated rings. The van der Waals surface area contributed by atoms with E-state index in [1.807, 2.05) is 0 Å². The lowest BCUT2D eigenvalue weighted by atomic mass is 10.1. The Kier molecular flexibility index (Phi) is 6.79. The topological polar surface area (TPSA) is 94.6 Å². The highest BCUT2D eigenvalue weighted by Crippen LogP contribution is 2.35. The fourth-order valence-corrected chi connectivity index (χ4v) is 3.85. The fraction of sp³-hybridized carbons (Fsp3) is 0.375. The van der Waals surface area contributed by atoms with E-state index in [4.69, 9.17) is 18.9 Å². The van der Waals surface area contributed by atoms with E-state index in [-0.39, 0.29) is 30.8 Å². The molecule has 0 radical (unpaired) electrons. The van der Waals surface area contributed by atoms with E-state index in [9.17, 15) is 14.4 Å². The van der Waals surface area contributed by atoms with Gasteiger partial charge in [-0.1, -0.05) is 6.07 Å². The highest BCUT2D eigenvalue weighted by molar-refractivity contribution is 6.05. The van der Waals surface area contributed by atoms with Crippen LogP contribution in [0.2, 0.25) is 0 Å². The van der Waals surface area contributed by atoms with Gasteiger partial charge in [-0.25, -0.2) is 0 Å². The van der Waals surface area contributed by atoms with Crippen molar-refractivity contribution in [3.8, 4) is 17.2 Å². The molecule has 174 valence electrons. The summed E-state index contributed by atoms with van der Waals surface area (Å²) in [6, 6.07) is 11.1. The highest BCUT2D eigenvalue weighted by Gasteiger charge is 2.36. The zero-order valence-corrected chi connectivity index (χ0v) is 18.6. The third kappa shape index (κ3) is 4.93. The number of Topliss-reactive ketones (excluding diaryl/α,β-unsaturated/α-hetero) is 1. The van der Waals surface area contributed by atoms with Crippen LogP contribution in [0, 0.1) is 0 Å². The summed E-state index contributed by atoms with van der Waals surface area (Å²) in [7, 11) is 1.55. The summed E-state index contributed by atoms with van der Waals surface area (Å²) in [6.07, 6.45) is 0. The van der Waals surface area contributed by atoms with Crippen molar-refractivity contribution in [3.05, 3.63) is 48.0 Å². The third-order valence-corrected chi connectivity index (χ3v) is 5.64. The Bertz CT molecular complexity index is 1050. The molecule has 1 atom stereocenters. The molecule has 9 nitrogen and oxygen atoms in total. The quantitative estimate of drug-likeness (QED) is 0.590. The maximum absolute atomic E-state index is 13.0.